The molecule has 1 aliphatic heterocycles. The molecule has 3 amide bonds. The Kier molecular flexibility index (Phi) is 6.99. The summed E-state index contributed by atoms with van der Waals surface area (Å²) in [5, 5.41) is 4.86. The molecule has 0 radical (unpaired) electrons. The topological polar surface area (TPSA) is 78.5 Å². The number of rotatable bonds is 5. The number of halogens is 6. The quantitative estimate of drug-likeness (QED) is 0.344. The highest BCUT2D eigenvalue weighted by Crippen LogP contribution is 2.35. The maximum atomic E-state index is 13.0. The van der Waals surface area contributed by atoms with Crippen molar-refractivity contribution in [2.75, 3.05) is 15.5 Å². The smallest absolute Gasteiger partial charge is 0.350 e. The lowest BCUT2D eigenvalue weighted by Crippen LogP contribution is -2.32. The Balaban J connectivity index is 1.50. The van der Waals surface area contributed by atoms with Crippen LogP contribution in [-0.4, -0.2) is 17.7 Å². The van der Waals surface area contributed by atoms with Gasteiger partial charge in [0, 0.05) is 11.3 Å². The lowest BCUT2D eigenvalue weighted by Gasteiger charge is -2.16. The minimum atomic E-state index is -4.60. The van der Waals surface area contributed by atoms with Crippen molar-refractivity contribution in [2.24, 2.45) is 0 Å². The van der Waals surface area contributed by atoms with E-state index in [9.17, 15) is 27.6 Å². The minimum Gasteiger partial charge on any atom is -0.350 e. The van der Waals surface area contributed by atoms with Crippen molar-refractivity contribution in [3.05, 3.63) is 98.6 Å². The Morgan fingerprint density at radius 2 is 1.50 bits per heavy atom. The Morgan fingerprint density at radius 3 is 2.14 bits per heavy atom. The summed E-state index contributed by atoms with van der Waals surface area (Å²) in [6, 6.07) is 14.4. The summed E-state index contributed by atoms with van der Waals surface area (Å²) in [5.74, 6) is -2.19. The molecule has 1 heterocycles. The molecule has 0 atom stereocenters. The molecule has 6 nitrogen and oxygen atoms in total. The number of alkyl halides is 3. The first-order valence-electron chi connectivity index (χ1n) is 10.1. The van der Waals surface area contributed by atoms with E-state index in [-0.39, 0.29) is 37.7 Å². The zero-order chi connectivity index (χ0) is 26.2. The van der Waals surface area contributed by atoms with Gasteiger partial charge < -0.3 is 10.6 Å². The fourth-order valence-corrected chi connectivity index (χ4v) is 3.90. The van der Waals surface area contributed by atoms with E-state index in [4.69, 9.17) is 34.8 Å². The third-order valence-electron chi connectivity index (χ3n) is 5.08. The molecule has 1 aliphatic rings. The number of amides is 3. The van der Waals surface area contributed by atoms with Crippen molar-refractivity contribution in [3.8, 4) is 0 Å². The van der Waals surface area contributed by atoms with Crippen LogP contribution in [0.3, 0.4) is 0 Å². The molecule has 0 saturated heterocycles. The molecule has 0 saturated carbocycles. The average molecular weight is 555 g/mol. The molecule has 3 aromatic carbocycles. The van der Waals surface area contributed by atoms with Crippen LogP contribution in [0.2, 0.25) is 10.0 Å². The van der Waals surface area contributed by atoms with Gasteiger partial charge in [-0.2, -0.15) is 13.2 Å². The lowest BCUT2D eigenvalue weighted by atomic mass is 10.1. The van der Waals surface area contributed by atoms with Crippen LogP contribution in [0.4, 0.5) is 30.2 Å². The molecule has 12 heteroatoms. The number of benzene rings is 3. The van der Waals surface area contributed by atoms with Gasteiger partial charge >= 0.3 is 6.18 Å². The molecule has 36 heavy (non-hydrogen) atoms. The fourth-order valence-electron chi connectivity index (χ4n) is 3.30. The summed E-state index contributed by atoms with van der Waals surface area (Å²) >= 11 is 18.1. The van der Waals surface area contributed by atoms with Crippen molar-refractivity contribution in [2.45, 2.75) is 6.18 Å². The number of carbonyl (C=O) groups is 3. The average Bonchev–Trinajstić information content (AvgIpc) is 3.03. The third kappa shape index (κ3) is 5.04. The predicted octanol–water partition coefficient (Wildman–Crippen LogP) is 6.70. The highest BCUT2D eigenvalue weighted by molar-refractivity contribution is 6.53. The summed E-state index contributed by atoms with van der Waals surface area (Å²) < 4.78 is 38.9. The SMILES string of the molecule is O=C(Nc1cc(C(F)(F)F)ccc1Cl)c1ccc(NC2=C(Cl)C(=O)N(c3ccccc3Cl)C2=O)cc1. The van der Waals surface area contributed by atoms with Crippen LogP contribution in [0.15, 0.2) is 77.5 Å². The lowest BCUT2D eigenvalue weighted by molar-refractivity contribution is -0.137. The number of nitrogens with zero attached hydrogens (tertiary/aromatic N) is 1. The molecule has 0 bridgehead atoms. The highest BCUT2D eigenvalue weighted by atomic mass is 35.5. The van der Waals surface area contributed by atoms with E-state index in [0.717, 1.165) is 23.1 Å². The number of hydrogen-bond donors (Lipinski definition) is 2. The molecule has 0 fully saturated rings. The van der Waals surface area contributed by atoms with Gasteiger partial charge in [0.15, 0.2) is 0 Å². The van der Waals surface area contributed by atoms with E-state index in [1.165, 1.54) is 36.4 Å². The molecule has 0 aliphatic carbocycles. The first-order valence-corrected chi connectivity index (χ1v) is 11.2. The van der Waals surface area contributed by atoms with Gasteiger partial charge in [-0.1, -0.05) is 46.9 Å². The van der Waals surface area contributed by atoms with Crippen molar-refractivity contribution in [1.82, 2.24) is 0 Å². The molecule has 0 unspecified atom stereocenters. The van der Waals surface area contributed by atoms with Crippen LogP contribution in [0.25, 0.3) is 0 Å². The van der Waals surface area contributed by atoms with Crippen LogP contribution >= 0.6 is 34.8 Å². The molecule has 2 N–H and O–H groups in total. The largest absolute Gasteiger partial charge is 0.416 e. The number of nitrogens with one attached hydrogen (secondary N) is 2. The van der Waals surface area contributed by atoms with Crippen LogP contribution in [0.5, 0.6) is 0 Å². The Hall–Kier alpha value is -3.53. The van der Waals surface area contributed by atoms with E-state index in [1.807, 2.05) is 0 Å². The van der Waals surface area contributed by atoms with Crippen molar-refractivity contribution in [3.63, 3.8) is 0 Å². The van der Waals surface area contributed by atoms with Crippen molar-refractivity contribution in [1.29, 1.82) is 0 Å². The molecule has 0 aromatic heterocycles. The monoisotopic (exact) mass is 553 g/mol. The maximum absolute atomic E-state index is 13.0. The van der Waals surface area contributed by atoms with Crippen LogP contribution in [0, 0.1) is 0 Å². The molecule has 184 valence electrons. The number of para-hydroxylation sites is 1. The van der Waals surface area contributed by atoms with E-state index in [2.05, 4.69) is 10.6 Å². The second-order valence-electron chi connectivity index (χ2n) is 7.43. The molecular weight excluding hydrogens is 542 g/mol. The number of anilines is 3. The summed E-state index contributed by atoms with van der Waals surface area (Å²) in [5.41, 5.74) is -0.766. The van der Waals surface area contributed by atoms with Gasteiger partial charge in [0.25, 0.3) is 17.7 Å². The van der Waals surface area contributed by atoms with Crippen LogP contribution < -0.4 is 15.5 Å². The zero-order valence-electron chi connectivity index (χ0n) is 17.8. The number of hydrogen-bond acceptors (Lipinski definition) is 4. The second-order valence-corrected chi connectivity index (χ2v) is 8.63. The van der Waals surface area contributed by atoms with Gasteiger partial charge in [-0.25, -0.2) is 4.90 Å². The summed E-state index contributed by atoms with van der Waals surface area (Å²) in [6.07, 6.45) is -4.60. The van der Waals surface area contributed by atoms with Crippen molar-refractivity contribution < 1.29 is 27.6 Å². The summed E-state index contributed by atoms with van der Waals surface area (Å²) in [7, 11) is 0. The van der Waals surface area contributed by atoms with Crippen molar-refractivity contribution >= 4 is 69.6 Å². The first-order chi connectivity index (χ1) is 17.0. The maximum Gasteiger partial charge on any atom is 0.416 e. The van der Waals surface area contributed by atoms with Gasteiger partial charge in [0.1, 0.15) is 10.7 Å². The summed E-state index contributed by atoms with van der Waals surface area (Å²) in [6.45, 7) is 0. The van der Waals surface area contributed by atoms with Gasteiger partial charge in [-0.05, 0) is 54.6 Å². The third-order valence-corrected chi connectivity index (χ3v) is 6.08. The zero-order valence-corrected chi connectivity index (χ0v) is 20.1. The van der Waals surface area contributed by atoms with E-state index in [0.29, 0.717) is 5.69 Å². The highest BCUT2D eigenvalue weighted by Gasteiger charge is 2.39. The van der Waals surface area contributed by atoms with Crippen LogP contribution in [0.1, 0.15) is 15.9 Å². The Labute approximate surface area is 217 Å². The predicted molar refractivity (Wildman–Crippen MR) is 131 cm³/mol. The van der Waals surface area contributed by atoms with Crippen LogP contribution in [-0.2, 0) is 15.8 Å². The van der Waals surface area contributed by atoms with Gasteiger partial charge in [0.2, 0.25) is 0 Å². The molecular formula is C24H13Cl3F3N3O3. The Bertz CT molecular complexity index is 1420. The molecule has 3 aromatic rings. The molecule has 4 rings (SSSR count). The van der Waals surface area contributed by atoms with E-state index < -0.39 is 29.5 Å². The summed E-state index contributed by atoms with van der Waals surface area (Å²) in [4.78, 5) is 38.8. The number of imide groups is 1. The normalized spacial score (nSPS) is 13.9. The minimum absolute atomic E-state index is 0.0660. The van der Waals surface area contributed by atoms with Gasteiger partial charge in [-0.3, -0.25) is 14.4 Å². The fraction of sp³-hybridized carbons (Fsp3) is 0.0417. The standard InChI is InChI=1S/C24H13Cl3F3N3O3/c25-15-10-7-13(24(28,29)30)11-17(15)32-21(34)12-5-8-14(9-6-12)31-20-19(27)22(35)33(23(20)36)18-4-2-1-3-16(18)26/h1-11,31H,(H,32,34). The number of carbonyl (C=O) groups excluding carboxylic acids is 3. The molecule has 0 spiro atoms. The second kappa shape index (κ2) is 9.85. The first kappa shape index (κ1) is 25.6. The Morgan fingerprint density at radius 1 is 0.833 bits per heavy atom. The van der Waals surface area contributed by atoms with Gasteiger partial charge in [-0.15, -0.1) is 0 Å². The van der Waals surface area contributed by atoms with E-state index >= 15 is 0 Å². The van der Waals surface area contributed by atoms with E-state index in [1.54, 1.807) is 12.1 Å². The van der Waals surface area contributed by atoms with Gasteiger partial charge in [0.05, 0.1) is 27.0 Å².